The molecule has 12 rings (SSSR count). The van der Waals surface area contributed by atoms with Gasteiger partial charge in [0.25, 0.3) is 0 Å². The summed E-state index contributed by atoms with van der Waals surface area (Å²) < 4.78 is 0. The van der Waals surface area contributed by atoms with Gasteiger partial charge in [0.2, 0.25) is 0 Å². The van der Waals surface area contributed by atoms with Gasteiger partial charge in [-0.2, -0.15) is 0 Å². The number of hydrogen-bond acceptors (Lipinski definition) is 1. The van der Waals surface area contributed by atoms with E-state index in [4.69, 9.17) is 0 Å². The van der Waals surface area contributed by atoms with Crippen molar-refractivity contribution in [2.75, 3.05) is 4.90 Å². The molecule has 1 aliphatic rings. The van der Waals surface area contributed by atoms with Gasteiger partial charge < -0.3 is 4.90 Å². The molecule has 0 aromatic heterocycles. The Kier molecular flexibility index (Phi) is 9.58. The van der Waals surface area contributed by atoms with Crippen molar-refractivity contribution in [3.8, 4) is 66.8 Å². The fourth-order valence-electron chi connectivity index (χ4n) is 10.6. The molecular weight excluding hydrogens is 795 g/mol. The van der Waals surface area contributed by atoms with E-state index in [1.165, 1.54) is 99.4 Å². The van der Waals surface area contributed by atoms with Crippen molar-refractivity contribution in [2.45, 2.75) is 19.3 Å². The summed E-state index contributed by atoms with van der Waals surface area (Å²) in [6.07, 6.45) is 0. The molecule has 11 aromatic rings. The molecule has 0 heterocycles. The van der Waals surface area contributed by atoms with E-state index in [0.29, 0.717) is 0 Å². The van der Waals surface area contributed by atoms with Gasteiger partial charge >= 0.3 is 0 Å². The molecule has 0 N–H and O–H groups in total. The van der Waals surface area contributed by atoms with Crippen molar-refractivity contribution >= 4 is 38.6 Å². The largest absolute Gasteiger partial charge is 0.309 e. The van der Waals surface area contributed by atoms with Gasteiger partial charge in [-0.15, -0.1) is 0 Å². The van der Waals surface area contributed by atoms with Gasteiger partial charge in [0, 0.05) is 27.7 Å². The Morgan fingerprint density at radius 2 is 0.742 bits per heavy atom. The summed E-state index contributed by atoms with van der Waals surface area (Å²) in [7, 11) is 0. The number of benzene rings is 11. The van der Waals surface area contributed by atoms with Gasteiger partial charge in [-0.25, -0.2) is 0 Å². The monoisotopic (exact) mass is 841 g/mol. The van der Waals surface area contributed by atoms with Crippen LogP contribution in [0.25, 0.3) is 88.3 Å². The predicted molar refractivity (Wildman–Crippen MR) is 281 cm³/mol. The molecule has 0 saturated carbocycles. The Hall–Kier alpha value is -8.26. The maximum absolute atomic E-state index is 2.54. The second-order valence-corrected chi connectivity index (χ2v) is 18.0. The van der Waals surface area contributed by atoms with Crippen molar-refractivity contribution in [3.63, 3.8) is 0 Å². The highest BCUT2D eigenvalue weighted by molar-refractivity contribution is 6.22. The molecule has 0 bridgehead atoms. The molecule has 1 heteroatoms. The first-order chi connectivity index (χ1) is 32.5. The third-order valence-corrected chi connectivity index (χ3v) is 13.9. The van der Waals surface area contributed by atoms with Crippen LogP contribution >= 0.6 is 0 Å². The summed E-state index contributed by atoms with van der Waals surface area (Å²) in [6.45, 7) is 4.75. The van der Waals surface area contributed by atoms with Gasteiger partial charge in [-0.3, -0.25) is 0 Å². The standard InChI is InChI=1S/C65H47N/c1-65(2)61-32-17-16-29-56(61)57-40-38-52(43-62(57)65)66(51-36-33-47(34-37-51)60-42-49(45-21-8-4-9-22-45)35-39-53(60)46-23-10-5-11-24-46)64-59-31-15-13-28-55(59)54-27-12-14-30-58(54)63(64)50-26-18-25-48(41-50)44-19-6-3-7-20-44/h3-43H,1-2H3. The molecule has 0 spiro atoms. The Morgan fingerprint density at radius 1 is 0.273 bits per heavy atom. The zero-order valence-electron chi connectivity index (χ0n) is 37.1. The molecular formula is C65H47N. The van der Waals surface area contributed by atoms with Crippen LogP contribution in [0.1, 0.15) is 25.0 Å². The molecule has 1 aliphatic carbocycles. The molecule has 0 unspecified atom stereocenters. The predicted octanol–water partition coefficient (Wildman–Crippen LogP) is 18.1. The minimum atomic E-state index is -0.173. The number of anilines is 3. The van der Waals surface area contributed by atoms with E-state index in [-0.39, 0.29) is 5.41 Å². The molecule has 0 atom stereocenters. The first kappa shape index (κ1) is 39.3. The molecule has 312 valence electrons. The second-order valence-electron chi connectivity index (χ2n) is 18.0. The number of fused-ring (bicyclic) bond motifs is 6. The van der Waals surface area contributed by atoms with Crippen LogP contribution in [0.3, 0.4) is 0 Å². The van der Waals surface area contributed by atoms with Gasteiger partial charge in [0.15, 0.2) is 0 Å². The highest BCUT2D eigenvalue weighted by Crippen LogP contribution is 2.54. The average molecular weight is 842 g/mol. The summed E-state index contributed by atoms with van der Waals surface area (Å²) in [4.78, 5) is 2.54. The molecule has 1 nitrogen and oxygen atoms in total. The fraction of sp³-hybridized carbons (Fsp3) is 0.0462. The third-order valence-electron chi connectivity index (χ3n) is 13.9. The van der Waals surface area contributed by atoms with Gasteiger partial charge in [-0.1, -0.05) is 226 Å². The van der Waals surface area contributed by atoms with Crippen molar-refractivity contribution < 1.29 is 0 Å². The minimum Gasteiger partial charge on any atom is -0.309 e. The minimum absolute atomic E-state index is 0.173. The van der Waals surface area contributed by atoms with E-state index in [2.05, 4.69) is 267 Å². The molecule has 66 heavy (non-hydrogen) atoms. The van der Waals surface area contributed by atoms with Crippen LogP contribution in [0.2, 0.25) is 0 Å². The van der Waals surface area contributed by atoms with Crippen LogP contribution in [0.5, 0.6) is 0 Å². The Morgan fingerprint density at radius 3 is 1.44 bits per heavy atom. The lowest BCUT2D eigenvalue weighted by Crippen LogP contribution is -2.17. The van der Waals surface area contributed by atoms with Crippen molar-refractivity contribution in [2.24, 2.45) is 0 Å². The topological polar surface area (TPSA) is 3.24 Å². The maximum atomic E-state index is 2.54. The van der Waals surface area contributed by atoms with E-state index in [1.807, 2.05) is 0 Å². The summed E-state index contributed by atoms with van der Waals surface area (Å²) in [5.74, 6) is 0. The van der Waals surface area contributed by atoms with E-state index in [9.17, 15) is 0 Å². The van der Waals surface area contributed by atoms with Gasteiger partial charge in [0.1, 0.15) is 0 Å². The maximum Gasteiger partial charge on any atom is 0.0624 e. The normalized spacial score (nSPS) is 12.5. The summed E-state index contributed by atoms with van der Waals surface area (Å²) in [5.41, 5.74) is 20.5. The van der Waals surface area contributed by atoms with Crippen molar-refractivity contribution in [3.05, 3.63) is 260 Å². The SMILES string of the molecule is CC1(C)c2ccccc2-c2ccc(N(c3ccc(-c4cc(-c5ccccc5)ccc4-c4ccccc4)cc3)c3c(-c4cccc(-c5ccccc5)c4)c4ccccc4c4ccccc34)cc21. The van der Waals surface area contributed by atoms with Gasteiger partial charge in [0.05, 0.1) is 5.69 Å². The van der Waals surface area contributed by atoms with Crippen LogP contribution in [-0.4, -0.2) is 0 Å². The highest BCUT2D eigenvalue weighted by atomic mass is 15.1. The van der Waals surface area contributed by atoms with E-state index < -0.39 is 0 Å². The number of nitrogens with zero attached hydrogens (tertiary/aromatic N) is 1. The summed E-state index contributed by atoms with van der Waals surface area (Å²) >= 11 is 0. The van der Waals surface area contributed by atoms with Crippen LogP contribution in [0.4, 0.5) is 17.1 Å². The Bertz CT molecular complexity index is 3590. The molecule has 0 saturated heterocycles. The summed E-state index contributed by atoms with van der Waals surface area (Å²) in [6, 6.07) is 91.6. The lowest BCUT2D eigenvalue weighted by atomic mass is 9.82. The fourth-order valence-corrected chi connectivity index (χ4v) is 10.6. The Balaban J connectivity index is 1.12. The zero-order chi connectivity index (χ0) is 44.2. The Labute approximate surface area is 387 Å². The number of rotatable bonds is 8. The van der Waals surface area contributed by atoms with Crippen molar-refractivity contribution in [1.82, 2.24) is 0 Å². The second kappa shape index (κ2) is 16.1. The van der Waals surface area contributed by atoms with Gasteiger partial charge in [-0.05, 0) is 125 Å². The first-order valence-corrected chi connectivity index (χ1v) is 23.0. The van der Waals surface area contributed by atoms with E-state index >= 15 is 0 Å². The molecule has 0 fully saturated rings. The first-order valence-electron chi connectivity index (χ1n) is 23.0. The lowest BCUT2D eigenvalue weighted by Gasteiger charge is -2.32. The quantitative estimate of drug-likeness (QED) is 0.138. The van der Waals surface area contributed by atoms with Crippen LogP contribution < -0.4 is 4.90 Å². The molecule has 11 aromatic carbocycles. The van der Waals surface area contributed by atoms with Crippen LogP contribution in [0.15, 0.2) is 249 Å². The zero-order valence-corrected chi connectivity index (χ0v) is 37.1. The summed E-state index contributed by atoms with van der Waals surface area (Å²) in [5, 5.41) is 4.89. The van der Waals surface area contributed by atoms with E-state index in [0.717, 1.165) is 17.1 Å². The lowest BCUT2D eigenvalue weighted by molar-refractivity contribution is 0.660. The smallest absolute Gasteiger partial charge is 0.0624 e. The molecule has 0 radical (unpaired) electrons. The van der Waals surface area contributed by atoms with E-state index in [1.54, 1.807) is 0 Å². The average Bonchev–Trinajstić information content (AvgIpc) is 3.62. The highest BCUT2D eigenvalue weighted by Gasteiger charge is 2.36. The molecule has 0 amide bonds. The van der Waals surface area contributed by atoms with Crippen molar-refractivity contribution in [1.29, 1.82) is 0 Å². The molecule has 0 aliphatic heterocycles. The third kappa shape index (κ3) is 6.63. The van der Waals surface area contributed by atoms with Crippen LogP contribution in [-0.2, 0) is 5.41 Å². The number of hydrogen-bond donors (Lipinski definition) is 0. The van der Waals surface area contributed by atoms with Crippen LogP contribution in [0, 0.1) is 0 Å².